The van der Waals surface area contributed by atoms with Crippen molar-refractivity contribution in [3.05, 3.63) is 74.7 Å². The van der Waals surface area contributed by atoms with E-state index in [4.69, 9.17) is 0 Å². The number of aliphatic hydroxyl groups is 1. The fourth-order valence-electron chi connectivity index (χ4n) is 5.21. The van der Waals surface area contributed by atoms with Crippen molar-refractivity contribution >= 4 is 17.2 Å². The number of rotatable bonds is 9. The Kier molecular flexibility index (Phi) is 8.16. The Hall–Kier alpha value is -2.62. The normalized spacial score (nSPS) is 19.3. The number of thiophene rings is 1. The number of amides is 1. The van der Waals surface area contributed by atoms with Crippen LogP contribution in [-0.2, 0) is 36.0 Å². The number of halogens is 2. The number of nitrogens with zero attached hydrogens (tertiary/aromatic N) is 1. The Labute approximate surface area is 220 Å². The van der Waals surface area contributed by atoms with Crippen LogP contribution in [0.3, 0.4) is 0 Å². The lowest BCUT2D eigenvalue weighted by atomic mass is 9.78. The van der Waals surface area contributed by atoms with Crippen LogP contribution in [0.2, 0.25) is 0 Å². The van der Waals surface area contributed by atoms with Crippen molar-refractivity contribution < 1.29 is 18.7 Å². The summed E-state index contributed by atoms with van der Waals surface area (Å²) >= 11 is 1.72. The molecule has 3 atom stereocenters. The molecule has 200 valence electrons. The first kappa shape index (κ1) is 27.4. The molecule has 0 saturated carbocycles. The molecule has 6 nitrogen and oxygen atoms in total. The van der Waals surface area contributed by atoms with Crippen LogP contribution in [0.4, 0.5) is 8.78 Å². The minimum absolute atomic E-state index is 0.102. The quantitative estimate of drug-likeness (QED) is 0.330. The van der Waals surface area contributed by atoms with E-state index in [0.717, 1.165) is 43.0 Å². The Balaban J connectivity index is 1.56. The van der Waals surface area contributed by atoms with E-state index in [9.17, 15) is 18.7 Å². The highest BCUT2D eigenvalue weighted by Crippen LogP contribution is 2.40. The molecule has 1 unspecified atom stereocenters. The van der Waals surface area contributed by atoms with Gasteiger partial charge in [0.2, 0.25) is 5.91 Å². The zero-order valence-corrected chi connectivity index (χ0v) is 22.6. The van der Waals surface area contributed by atoms with Gasteiger partial charge >= 0.3 is 0 Å². The molecule has 4 N–H and O–H groups in total. The van der Waals surface area contributed by atoms with Gasteiger partial charge in [0.25, 0.3) is 0 Å². The third kappa shape index (κ3) is 7.03. The van der Waals surface area contributed by atoms with E-state index in [2.05, 4.69) is 53.0 Å². The molecule has 0 spiro atoms. The standard InChI is InChI=1S/C28H36F2N4O2S/c1-17(35)33-24(9-18-7-21(29)11-22(30)8-18)25(36)15-31-28(6-5-23-20(13-28)14-32-34-23)26-10-19(16-37-26)12-27(2,3)4/h7-8,10-11,14,16,24-25,31,36H,5-6,9,12-13,15H2,1-4H3,(H,32,34)(H,33,35)/t24-,25+,28?/m0/s1. The van der Waals surface area contributed by atoms with E-state index in [1.807, 2.05) is 6.20 Å². The lowest BCUT2D eigenvalue weighted by Crippen LogP contribution is -2.54. The smallest absolute Gasteiger partial charge is 0.217 e. The molecule has 9 heteroatoms. The first-order valence-electron chi connectivity index (χ1n) is 12.7. The third-order valence-corrected chi connectivity index (χ3v) is 8.01. The number of aromatic nitrogens is 2. The van der Waals surface area contributed by atoms with Crippen molar-refractivity contribution in [2.75, 3.05) is 6.54 Å². The van der Waals surface area contributed by atoms with Gasteiger partial charge < -0.3 is 15.7 Å². The number of benzene rings is 1. The molecule has 1 aromatic carbocycles. The molecule has 2 heterocycles. The number of nitrogens with one attached hydrogen (secondary N) is 3. The molecule has 0 saturated heterocycles. The fraction of sp³-hybridized carbons (Fsp3) is 0.500. The predicted octanol–water partition coefficient (Wildman–Crippen LogP) is 4.42. The first-order chi connectivity index (χ1) is 17.4. The van der Waals surface area contributed by atoms with Crippen LogP contribution in [0.1, 0.15) is 61.4 Å². The number of hydrogen-bond donors (Lipinski definition) is 4. The van der Waals surface area contributed by atoms with E-state index in [0.29, 0.717) is 5.56 Å². The average molecular weight is 531 g/mol. The first-order valence-corrected chi connectivity index (χ1v) is 13.5. The highest BCUT2D eigenvalue weighted by molar-refractivity contribution is 7.10. The van der Waals surface area contributed by atoms with Crippen LogP contribution in [0.15, 0.2) is 35.8 Å². The van der Waals surface area contributed by atoms with Crippen molar-refractivity contribution in [2.24, 2.45) is 5.41 Å². The Morgan fingerprint density at radius 2 is 1.95 bits per heavy atom. The summed E-state index contributed by atoms with van der Waals surface area (Å²) in [6.45, 7) is 8.23. The number of H-pyrrole nitrogens is 1. The molecule has 4 rings (SSSR count). The number of carbonyl (C=O) groups is 1. The maximum atomic E-state index is 13.8. The van der Waals surface area contributed by atoms with Gasteiger partial charge in [0.15, 0.2) is 0 Å². The van der Waals surface area contributed by atoms with Crippen molar-refractivity contribution in [1.82, 2.24) is 20.8 Å². The summed E-state index contributed by atoms with van der Waals surface area (Å²) in [5, 5.41) is 27.2. The summed E-state index contributed by atoms with van der Waals surface area (Å²) in [7, 11) is 0. The van der Waals surface area contributed by atoms with E-state index >= 15 is 0 Å². The molecule has 3 aromatic rings. The molecule has 37 heavy (non-hydrogen) atoms. The molecule has 1 amide bonds. The Morgan fingerprint density at radius 3 is 2.62 bits per heavy atom. The zero-order valence-electron chi connectivity index (χ0n) is 21.8. The molecule has 1 aliphatic rings. The van der Waals surface area contributed by atoms with Crippen LogP contribution in [0.5, 0.6) is 0 Å². The maximum absolute atomic E-state index is 13.8. The second-order valence-electron chi connectivity index (χ2n) is 11.4. The molecule has 0 aliphatic heterocycles. The van der Waals surface area contributed by atoms with Gasteiger partial charge in [0, 0.05) is 30.6 Å². The fourth-order valence-corrected chi connectivity index (χ4v) is 6.33. The highest BCUT2D eigenvalue weighted by atomic mass is 32.1. The summed E-state index contributed by atoms with van der Waals surface area (Å²) in [4.78, 5) is 13.1. The zero-order chi connectivity index (χ0) is 26.8. The van der Waals surface area contributed by atoms with Crippen LogP contribution >= 0.6 is 11.3 Å². The predicted molar refractivity (Wildman–Crippen MR) is 141 cm³/mol. The lowest BCUT2D eigenvalue weighted by molar-refractivity contribution is -0.120. The number of fused-ring (bicyclic) bond motifs is 1. The number of aliphatic hydroxyl groups excluding tert-OH is 1. The molecule has 0 bridgehead atoms. The number of aromatic amines is 1. The summed E-state index contributed by atoms with van der Waals surface area (Å²) in [6.07, 6.45) is 4.36. The van der Waals surface area contributed by atoms with Gasteiger partial charge in [0.1, 0.15) is 11.6 Å². The Bertz CT molecular complexity index is 1210. The van der Waals surface area contributed by atoms with Gasteiger partial charge in [-0.3, -0.25) is 9.89 Å². The number of carbonyl (C=O) groups excluding carboxylic acids is 1. The molecule has 2 aromatic heterocycles. The van der Waals surface area contributed by atoms with E-state index in [-0.39, 0.29) is 24.3 Å². The van der Waals surface area contributed by atoms with E-state index in [1.54, 1.807) is 11.3 Å². The number of hydrogen-bond acceptors (Lipinski definition) is 5. The molecule has 0 radical (unpaired) electrons. The highest BCUT2D eigenvalue weighted by Gasteiger charge is 2.39. The lowest BCUT2D eigenvalue weighted by Gasteiger charge is -2.39. The summed E-state index contributed by atoms with van der Waals surface area (Å²) in [6, 6.07) is 4.81. The van der Waals surface area contributed by atoms with E-state index in [1.165, 1.54) is 29.5 Å². The average Bonchev–Trinajstić information content (AvgIpc) is 3.44. The molecule has 0 fully saturated rings. The van der Waals surface area contributed by atoms with Crippen molar-refractivity contribution in [2.45, 2.75) is 77.5 Å². The SMILES string of the molecule is CC(=O)N[C@@H](Cc1cc(F)cc(F)c1)[C@H](O)CNC1(c2cc(CC(C)(C)C)cs2)CCc2n[nH]cc2C1. The summed E-state index contributed by atoms with van der Waals surface area (Å²) < 4.78 is 27.5. The largest absolute Gasteiger partial charge is 0.390 e. The Morgan fingerprint density at radius 1 is 1.22 bits per heavy atom. The maximum Gasteiger partial charge on any atom is 0.217 e. The van der Waals surface area contributed by atoms with Crippen LogP contribution in [0, 0.1) is 17.0 Å². The van der Waals surface area contributed by atoms with Gasteiger partial charge in [-0.05, 0) is 77.8 Å². The number of aryl methyl sites for hydroxylation is 1. The summed E-state index contributed by atoms with van der Waals surface area (Å²) in [5.74, 6) is -1.70. The van der Waals surface area contributed by atoms with Crippen molar-refractivity contribution in [3.8, 4) is 0 Å². The minimum Gasteiger partial charge on any atom is -0.390 e. The molecular weight excluding hydrogens is 494 g/mol. The minimum atomic E-state index is -0.980. The summed E-state index contributed by atoms with van der Waals surface area (Å²) in [5.41, 5.74) is 3.64. The van der Waals surface area contributed by atoms with Crippen molar-refractivity contribution in [3.63, 3.8) is 0 Å². The van der Waals surface area contributed by atoms with Gasteiger partial charge in [0.05, 0.1) is 23.4 Å². The molecule has 1 aliphatic carbocycles. The van der Waals surface area contributed by atoms with Gasteiger partial charge in [-0.1, -0.05) is 20.8 Å². The van der Waals surface area contributed by atoms with Gasteiger partial charge in [-0.25, -0.2) is 8.78 Å². The van der Waals surface area contributed by atoms with Crippen LogP contribution in [-0.4, -0.2) is 39.9 Å². The molecular formula is C28H36F2N4O2S. The van der Waals surface area contributed by atoms with Crippen molar-refractivity contribution in [1.29, 1.82) is 0 Å². The van der Waals surface area contributed by atoms with Crippen LogP contribution < -0.4 is 10.6 Å². The van der Waals surface area contributed by atoms with Gasteiger partial charge in [-0.15, -0.1) is 11.3 Å². The third-order valence-electron chi connectivity index (χ3n) is 6.83. The van der Waals surface area contributed by atoms with Gasteiger partial charge in [-0.2, -0.15) is 5.10 Å². The monoisotopic (exact) mass is 530 g/mol. The second kappa shape index (κ2) is 11.0. The van der Waals surface area contributed by atoms with E-state index < -0.39 is 29.3 Å². The van der Waals surface area contributed by atoms with Crippen LogP contribution in [0.25, 0.3) is 0 Å². The second-order valence-corrected chi connectivity index (χ2v) is 12.3. The topological polar surface area (TPSA) is 90.0 Å².